The Labute approximate surface area is 98.5 Å². The molecule has 0 saturated heterocycles. The Morgan fingerprint density at radius 2 is 2.06 bits per heavy atom. The lowest BCUT2D eigenvalue weighted by molar-refractivity contribution is -0.134. The van der Waals surface area contributed by atoms with Gasteiger partial charge in [-0.15, -0.1) is 12.4 Å². The van der Waals surface area contributed by atoms with Crippen molar-refractivity contribution in [2.24, 2.45) is 0 Å². The third-order valence-electron chi connectivity index (χ3n) is 1.35. The van der Waals surface area contributed by atoms with E-state index in [1.165, 1.54) is 0 Å². The largest absolute Gasteiger partial charge is 0.514 e. The SMILES string of the molecule is COC(=O)Oc1sc(C(F)(F)F)cc1N.Cl. The summed E-state index contributed by atoms with van der Waals surface area (Å²) >= 11 is 0.237. The quantitative estimate of drug-likeness (QED) is 0.802. The molecular formula is C7H7ClF3NO3S. The van der Waals surface area contributed by atoms with Crippen molar-refractivity contribution < 1.29 is 27.4 Å². The second kappa shape index (κ2) is 5.26. The monoisotopic (exact) mass is 277 g/mol. The number of rotatable bonds is 1. The fourth-order valence-corrected chi connectivity index (χ4v) is 1.51. The number of carbonyl (C=O) groups is 1. The zero-order valence-electron chi connectivity index (χ0n) is 7.83. The molecule has 4 nitrogen and oxygen atoms in total. The number of carbonyl (C=O) groups excluding carboxylic acids is 1. The number of hydrogen-bond donors (Lipinski definition) is 1. The number of methoxy groups -OCH3 is 1. The van der Waals surface area contributed by atoms with Gasteiger partial charge in [-0.1, -0.05) is 11.3 Å². The normalized spacial score (nSPS) is 10.5. The standard InChI is InChI=1S/C7H6F3NO3S.ClH/c1-13-6(12)14-5-3(11)2-4(15-5)7(8,9)10;/h2H,11H2,1H3;1H. The Morgan fingerprint density at radius 1 is 1.50 bits per heavy atom. The van der Waals surface area contributed by atoms with Crippen molar-refractivity contribution in [3.8, 4) is 5.06 Å². The summed E-state index contributed by atoms with van der Waals surface area (Å²) in [5.74, 6) is 0. The molecule has 1 aromatic rings. The molecular weight excluding hydrogens is 271 g/mol. The Hall–Kier alpha value is -1.15. The van der Waals surface area contributed by atoms with Gasteiger partial charge in [0.05, 0.1) is 12.8 Å². The second-order valence-corrected chi connectivity index (χ2v) is 3.42. The highest BCUT2D eigenvalue weighted by Gasteiger charge is 2.34. The third kappa shape index (κ3) is 3.46. The zero-order valence-corrected chi connectivity index (χ0v) is 9.46. The summed E-state index contributed by atoms with van der Waals surface area (Å²) in [6.45, 7) is 0. The lowest BCUT2D eigenvalue weighted by Gasteiger charge is -2.00. The molecule has 0 aliphatic rings. The van der Waals surface area contributed by atoms with Gasteiger partial charge >= 0.3 is 12.3 Å². The summed E-state index contributed by atoms with van der Waals surface area (Å²) in [4.78, 5) is 9.69. The van der Waals surface area contributed by atoms with Crippen molar-refractivity contribution in [3.63, 3.8) is 0 Å². The highest BCUT2D eigenvalue weighted by atomic mass is 35.5. The Kier molecular flexibility index (Phi) is 4.88. The van der Waals surface area contributed by atoms with Crippen LogP contribution in [0.3, 0.4) is 0 Å². The van der Waals surface area contributed by atoms with Crippen LogP contribution in [0.4, 0.5) is 23.7 Å². The Morgan fingerprint density at radius 3 is 2.44 bits per heavy atom. The van der Waals surface area contributed by atoms with Crippen LogP contribution in [0.5, 0.6) is 5.06 Å². The van der Waals surface area contributed by atoms with Crippen LogP contribution in [0.25, 0.3) is 0 Å². The van der Waals surface area contributed by atoms with Crippen LogP contribution >= 0.6 is 23.7 Å². The average molecular weight is 278 g/mol. The number of hydrogen-bond acceptors (Lipinski definition) is 5. The summed E-state index contributed by atoms with van der Waals surface area (Å²) in [5, 5.41) is -0.325. The van der Waals surface area contributed by atoms with Gasteiger partial charge in [-0.05, 0) is 6.07 Å². The third-order valence-corrected chi connectivity index (χ3v) is 2.42. The van der Waals surface area contributed by atoms with Crippen molar-refractivity contribution in [1.29, 1.82) is 0 Å². The highest BCUT2D eigenvalue weighted by molar-refractivity contribution is 7.14. The minimum Gasteiger partial charge on any atom is -0.437 e. The van der Waals surface area contributed by atoms with E-state index in [0.29, 0.717) is 6.07 Å². The fourth-order valence-electron chi connectivity index (χ4n) is 0.725. The first kappa shape index (κ1) is 14.8. The molecule has 0 amide bonds. The first-order valence-corrected chi connectivity index (χ1v) is 4.38. The average Bonchev–Trinajstić information content (AvgIpc) is 2.47. The van der Waals surface area contributed by atoms with Crippen molar-refractivity contribution >= 4 is 35.6 Å². The van der Waals surface area contributed by atoms with E-state index in [1.807, 2.05) is 0 Å². The topological polar surface area (TPSA) is 61.5 Å². The summed E-state index contributed by atoms with van der Waals surface area (Å²) in [5.41, 5.74) is 4.97. The van der Waals surface area contributed by atoms with Crippen LogP contribution in [-0.2, 0) is 10.9 Å². The first-order chi connectivity index (χ1) is 6.84. The van der Waals surface area contributed by atoms with E-state index in [9.17, 15) is 18.0 Å². The molecule has 0 spiro atoms. The molecule has 0 aromatic carbocycles. The molecule has 0 atom stereocenters. The van der Waals surface area contributed by atoms with Gasteiger partial charge in [0.2, 0.25) is 5.06 Å². The van der Waals surface area contributed by atoms with Crippen molar-refractivity contribution in [2.75, 3.05) is 12.8 Å². The Bertz CT molecular complexity index is 379. The van der Waals surface area contributed by atoms with Crippen LogP contribution in [-0.4, -0.2) is 13.3 Å². The molecule has 0 saturated carbocycles. The molecule has 0 fully saturated rings. The van der Waals surface area contributed by atoms with Crippen molar-refractivity contribution in [3.05, 3.63) is 10.9 Å². The number of ether oxygens (including phenoxy) is 2. The number of thiophene rings is 1. The van der Waals surface area contributed by atoms with Crippen LogP contribution in [0, 0.1) is 0 Å². The smallest absolute Gasteiger partial charge is 0.437 e. The van der Waals surface area contributed by atoms with Gasteiger partial charge in [-0.3, -0.25) is 0 Å². The number of alkyl halides is 3. The number of halogens is 4. The van der Waals surface area contributed by atoms with E-state index < -0.39 is 17.2 Å². The number of nitrogen functional groups attached to an aromatic ring is 1. The van der Waals surface area contributed by atoms with Gasteiger partial charge < -0.3 is 15.2 Å². The fraction of sp³-hybridized carbons (Fsp3) is 0.286. The van der Waals surface area contributed by atoms with E-state index in [4.69, 9.17) is 5.73 Å². The maximum Gasteiger partial charge on any atom is 0.514 e. The predicted molar refractivity (Wildman–Crippen MR) is 54.0 cm³/mol. The molecule has 2 N–H and O–H groups in total. The van der Waals surface area contributed by atoms with Crippen LogP contribution in [0.15, 0.2) is 6.07 Å². The predicted octanol–water partition coefficient (Wildman–Crippen LogP) is 2.92. The first-order valence-electron chi connectivity index (χ1n) is 3.57. The molecule has 1 heterocycles. The molecule has 16 heavy (non-hydrogen) atoms. The van der Waals surface area contributed by atoms with Crippen LogP contribution in [0.2, 0.25) is 0 Å². The molecule has 1 rings (SSSR count). The lowest BCUT2D eigenvalue weighted by Crippen LogP contribution is -2.07. The van der Waals surface area contributed by atoms with Crippen molar-refractivity contribution in [2.45, 2.75) is 6.18 Å². The van der Waals surface area contributed by atoms with E-state index >= 15 is 0 Å². The van der Waals surface area contributed by atoms with E-state index in [2.05, 4.69) is 9.47 Å². The highest BCUT2D eigenvalue weighted by Crippen LogP contribution is 2.42. The number of nitrogens with two attached hydrogens (primary N) is 1. The van der Waals surface area contributed by atoms with E-state index in [1.54, 1.807) is 0 Å². The molecule has 1 aromatic heterocycles. The maximum atomic E-state index is 12.2. The van der Waals surface area contributed by atoms with Gasteiger partial charge in [-0.25, -0.2) is 4.79 Å². The molecule has 0 radical (unpaired) electrons. The van der Waals surface area contributed by atoms with Crippen LogP contribution in [0.1, 0.15) is 4.88 Å². The maximum absolute atomic E-state index is 12.2. The molecule has 0 unspecified atom stereocenters. The van der Waals surface area contributed by atoms with Crippen LogP contribution < -0.4 is 10.5 Å². The van der Waals surface area contributed by atoms with E-state index in [-0.39, 0.29) is 34.5 Å². The molecule has 9 heteroatoms. The summed E-state index contributed by atoms with van der Waals surface area (Å²) in [7, 11) is 1.04. The summed E-state index contributed by atoms with van der Waals surface area (Å²) < 4.78 is 45.1. The molecule has 0 aliphatic carbocycles. The van der Waals surface area contributed by atoms with Gasteiger partial charge in [-0.2, -0.15) is 13.2 Å². The molecule has 92 valence electrons. The van der Waals surface area contributed by atoms with Gasteiger partial charge in [0.25, 0.3) is 0 Å². The zero-order chi connectivity index (χ0) is 11.6. The molecule has 0 aliphatic heterocycles. The van der Waals surface area contributed by atoms with E-state index in [0.717, 1.165) is 7.11 Å². The molecule has 0 bridgehead atoms. The minimum absolute atomic E-state index is 0. The Balaban J connectivity index is 0.00000225. The second-order valence-electron chi connectivity index (χ2n) is 2.41. The summed E-state index contributed by atoms with van der Waals surface area (Å²) in [6, 6.07) is 0.697. The van der Waals surface area contributed by atoms with Gasteiger partial charge in [0, 0.05) is 0 Å². The lowest BCUT2D eigenvalue weighted by atomic mass is 10.4. The van der Waals surface area contributed by atoms with Gasteiger partial charge in [0.1, 0.15) is 4.88 Å². The minimum atomic E-state index is -4.50. The van der Waals surface area contributed by atoms with Crippen molar-refractivity contribution in [1.82, 2.24) is 0 Å². The summed E-state index contributed by atoms with van der Waals surface area (Å²) in [6.07, 6.45) is -5.62. The number of anilines is 1. The van der Waals surface area contributed by atoms with Gasteiger partial charge in [0.15, 0.2) is 0 Å².